The van der Waals surface area contributed by atoms with E-state index in [1.165, 1.54) is 0 Å². The van der Waals surface area contributed by atoms with Gasteiger partial charge >= 0.3 is 5.97 Å². The number of carbonyl (C=O) groups is 2. The molecule has 2 aliphatic heterocycles. The van der Waals surface area contributed by atoms with Crippen molar-refractivity contribution in [1.82, 2.24) is 14.7 Å². The van der Waals surface area contributed by atoms with Crippen LogP contribution in [0.4, 0.5) is 0 Å². The quantitative estimate of drug-likeness (QED) is 0.887. The molecule has 6 nitrogen and oxygen atoms in total. The molecule has 0 bridgehead atoms. The molecule has 2 fully saturated rings. The van der Waals surface area contributed by atoms with Crippen LogP contribution in [0.2, 0.25) is 0 Å². The van der Waals surface area contributed by atoms with Crippen LogP contribution in [0.15, 0.2) is 24.3 Å². The Balaban J connectivity index is 1.57. The van der Waals surface area contributed by atoms with Crippen LogP contribution in [0.1, 0.15) is 41.1 Å². The Morgan fingerprint density at radius 1 is 1.04 bits per heavy atom. The Labute approximate surface area is 155 Å². The minimum Gasteiger partial charge on any atom is -0.478 e. The van der Waals surface area contributed by atoms with Gasteiger partial charge in [0.1, 0.15) is 0 Å². The Morgan fingerprint density at radius 2 is 1.81 bits per heavy atom. The normalized spacial score (nSPS) is 22.8. The minimum absolute atomic E-state index is 0.224. The van der Waals surface area contributed by atoms with E-state index in [2.05, 4.69) is 16.8 Å². The van der Waals surface area contributed by atoms with Crippen LogP contribution in [-0.2, 0) is 4.79 Å². The number of hydrogen-bond acceptors (Lipinski definition) is 4. The highest BCUT2D eigenvalue weighted by molar-refractivity contribution is 5.87. The van der Waals surface area contributed by atoms with Crippen molar-refractivity contribution in [3.63, 3.8) is 0 Å². The predicted molar refractivity (Wildman–Crippen MR) is 101 cm³/mol. The lowest BCUT2D eigenvalue weighted by Gasteiger charge is -2.34. The first-order chi connectivity index (χ1) is 12.5. The van der Waals surface area contributed by atoms with Gasteiger partial charge in [-0.15, -0.1) is 0 Å². The first-order valence-electron chi connectivity index (χ1n) is 9.55. The summed E-state index contributed by atoms with van der Waals surface area (Å²) < 4.78 is 0. The van der Waals surface area contributed by atoms with E-state index >= 15 is 0 Å². The van der Waals surface area contributed by atoms with E-state index < -0.39 is 5.97 Å². The average Bonchev–Trinajstić information content (AvgIpc) is 2.86. The summed E-state index contributed by atoms with van der Waals surface area (Å²) in [5, 5.41) is 9.03. The zero-order valence-electron chi connectivity index (χ0n) is 15.6. The van der Waals surface area contributed by atoms with Gasteiger partial charge in [-0.25, -0.2) is 4.79 Å². The molecule has 0 aliphatic carbocycles. The van der Waals surface area contributed by atoms with Crippen LogP contribution < -0.4 is 0 Å². The molecule has 1 aromatic rings. The Morgan fingerprint density at radius 3 is 2.54 bits per heavy atom. The third-order valence-electron chi connectivity index (χ3n) is 5.57. The van der Waals surface area contributed by atoms with Crippen molar-refractivity contribution in [2.45, 2.75) is 25.2 Å². The molecule has 1 amide bonds. The molecular weight excluding hydrogens is 330 g/mol. The number of carboxylic acid groups (broad SMARTS) is 1. The number of hydrogen-bond donors (Lipinski definition) is 1. The van der Waals surface area contributed by atoms with E-state index in [0.717, 1.165) is 64.1 Å². The maximum absolute atomic E-state index is 12.8. The summed E-state index contributed by atoms with van der Waals surface area (Å²) in [7, 11) is 2.14. The molecule has 2 heterocycles. The highest BCUT2D eigenvalue weighted by Crippen LogP contribution is 2.27. The number of aromatic carboxylic acids is 1. The number of piperidine rings is 1. The third kappa shape index (κ3) is 4.83. The van der Waals surface area contributed by atoms with Gasteiger partial charge in [0.15, 0.2) is 0 Å². The number of rotatable bonds is 4. The van der Waals surface area contributed by atoms with Crippen LogP contribution in [-0.4, -0.2) is 84.5 Å². The van der Waals surface area contributed by atoms with Gasteiger partial charge in [-0.1, -0.05) is 12.1 Å². The summed E-state index contributed by atoms with van der Waals surface area (Å²) in [4.78, 5) is 30.4. The van der Waals surface area contributed by atoms with E-state index in [9.17, 15) is 9.59 Å². The summed E-state index contributed by atoms with van der Waals surface area (Å²) in [5.41, 5.74) is 1.44. The van der Waals surface area contributed by atoms with Crippen molar-refractivity contribution in [2.75, 3.05) is 52.9 Å². The van der Waals surface area contributed by atoms with E-state index in [1.807, 2.05) is 17.0 Å². The van der Waals surface area contributed by atoms with E-state index in [0.29, 0.717) is 18.0 Å². The zero-order valence-corrected chi connectivity index (χ0v) is 15.6. The number of likely N-dealkylation sites (N-methyl/N-ethyl adjacent to an activating group) is 1. The fourth-order valence-corrected chi connectivity index (χ4v) is 3.92. The standard InChI is InChI=1S/C20H29N3O3/c1-21-9-3-10-22(13-12-21)15-19(24)23-11-2-4-18(14-23)16-5-7-17(8-6-16)20(25)26/h5-8,18H,2-4,9-15H2,1H3,(H,25,26)/t18-/m1/s1. The average molecular weight is 359 g/mol. The second-order valence-electron chi connectivity index (χ2n) is 7.54. The molecule has 3 rings (SSSR count). The second kappa shape index (κ2) is 8.64. The van der Waals surface area contributed by atoms with Gasteiger partial charge in [0, 0.05) is 32.1 Å². The number of benzene rings is 1. The molecule has 0 unspecified atom stereocenters. The van der Waals surface area contributed by atoms with Gasteiger partial charge in [-0.3, -0.25) is 9.69 Å². The molecule has 0 radical (unpaired) electrons. The molecule has 6 heteroatoms. The van der Waals surface area contributed by atoms with Crippen LogP contribution in [0, 0.1) is 0 Å². The summed E-state index contributed by atoms with van der Waals surface area (Å²) >= 11 is 0. The molecular formula is C20H29N3O3. The SMILES string of the molecule is CN1CCCN(CC(=O)N2CCC[C@@H](c3ccc(C(=O)O)cc3)C2)CC1. The molecule has 1 N–H and O–H groups in total. The molecule has 2 aliphatic rings. The van der Waals surface area contributed by atoms with Crippen molar-refractivity contribution >= 4 is 11.9 Å². The summed E-state index contributed by atoms with van der Waals surface area (Å²) in [5.74, 6) is -0.382. The van der Waals surface area contributed by atoms with E-state index in [1.54, 1.807) is 12.1 Å². The van der Waals surface area contributed by atoms with Crippen molar-refractivity contribution in [3.05, 3.63) is 35.4 Å². The first kappa shape index (κ1) is 18.9. The van der Waals surface area contributed by atoms with Crippen LogP contribution in [0.3, 0.4) is 0 Å². The van der Waals surface area contributed by atoms with Gasteiger partial charge in [0.25, 0.3) is 0 Å². The van der Waals surface area contributed by atoms with Crippen molar-refractivity contribution in [2.24, 2.45) is 0 Å². The van der Waals surface area contributed by atoms with Gasteiger partial charge < -0.3 is 14.9 Å². The zero-order chi connectivity index (χ0) is 18.5. The largest absolute Gasteiger partial charge is 0.478 e. The summed E-state index contributed by atoms with van der Waals surface area (Å²) in [6, 6.07) is 7.11. The Bertz CT molecular complexity index is 632. The topological polar surface area (TPSA) is 64.1 Å². The second-order valence-corrected chi connectivity index (χ2v) is 7.54. The van der Waals surface area contributed by atoms with Crippen LogP contribution >= 0.6 is 0 Å². The predicted octanol–water partition coefficient (Wildman–Crippen LogP) is 1.73. The molecule has 1 aromatic carbocycles. The number of nitrogens with zero attached hydrogens (tertiary/aromatic N) is 3. The molecule has 1 atom stereocenters. The number of amides is 1. The molecule has 0 saturated carbocycles. The van der Waals surface area contributed by atoms with E-state index in [-0.39, 0.29) is 5.91 Å². The minimum atomic E-state index is -0.903. The third-order valence-corrected chi connectivity index (χ3v) is 5.57. The number of carboxylic acids is 1. The summed E-state index contributed by atoms with van der Waals surface area (Å²) in [6.07, 6.45) is 3.16. The van der Waals surface area contributed by atoms with Crippen molar-refractivity contribution < 1.29 is 14.7 Å². The smallest absolute Gasteiger partial charge is 0.335 e. The molecule has 0 spiro atoms. The molecule has 142 valence electrons. The number of carbonyl (C=O) groups excluding carboxylic acids is 1. The fraction of sp³-hybridized carbons (Fsp3) is 0.600. The maximum atomic E-state index is 12.8. The monoisotopic (exact) mass is 359 g/mol. The Kier molecular flexibility index (Phi) is 6.27. The first-order valence-corrected chi connectivity index (χ1v) is 9.55. The fourth-order valence-electron chi connectivity index (χ4n) is 3.92. The molecule has 26 heavy (non-hydrogen) atoms. The van der Waals surface area contributed by atoms with E-state index in [4.69, 9.17) is 5.11 Å². The highest BCUT2D eigenvalue weighted by atomic mass is 16.4. The molecule has 2 saturated heterocycles. The van der Waals surface area contributed by atoms with Crippen molar-refractivity contribution in [1.29, 1.82) is 0 Å². The van der Waals surface area contributed by atoms with Gasteiger partial charge in [0.05, 0.1) is 12.1 Å². The Hall–Kier alpha value is -1.92. The van der Waals surface area contributed by atoms with Gasteiger partial charge in [-0.2, -0.15) is 0 Å². The van der Waals surface area contributed by atoms with Gasteiger partial charge in [0.2, 0.25) is 5.91 Å². The lowest BCUT2D eigenvalue weighted by molar-refractivity contribution is -0.133. The van der Waals surface area contributed by atoms with Gasteiger partial charge in [-0.05, 0) is 57.1 Å². The highest BCUT2D eigenvalue weighted by Gasteiger charge is 2.26. The maximum Gasteiger partial charge on any atom is 0.335 e. The number of likely N-dealkylation sites (tertiary alicyclic amines) is 1. The van der Waals surface area contributed by atoms with Crippen molar-refractivity contribution in [3.8, 4) is 0 Å². The molecule has 0 aromatic heterocycles. The lowest BCUT2D eigenvalue weighted by Crippen LogP contribution is -2.45. The summed E-state index contributed by atoms with van der Waals surface area (Å²) in [6.45, 7) is 6.14. The lowest BCUT2D eigenvalue weighted by atomic mass is 9.90. The van der Waals surface area contributed by atoms with Crippen LogP contribution in [0.5, 0.6) is 0 Å². The van der Waals surface area contributed by atoms with Crippen LogP contribution in [0.25, 0.3) is 0 Å².